The van der Waals surface area contributed by atoms with Gasteiger partial charge in [-0.15, -0.1) is 0 Å². The van der Waals surface area contributed by atoms with E-state index < -0.39 is 31.5 Å². The number of halogens is 1. The maximum atomic E-state index is 13.0. The number of para-hydroxylation sites is 1. The number of anilines is 2. The molecule has 3 aromatic rings. The van der Waals surface area contributed by atoms with E-state index in [0.717, 1.165) is 12.1 Å². The number of nitro groups is 1. The monoisotopic (exact) mass is 474 g/mol. The SMILES string of the molecule is O=C(O)c1ccccc1NS(=O)(=O)c1cc([N+](=O)[O-])ccc1N/N=C/c1ccc(Cl)cc1. The average molecular weight is 475 g/mol. The van der Waals surface area contributed by atoms with Crippen LogP contribution in [0.2, 0.25) is 5.02 Å². The van der Waals surface area contributed by atoms with Crippen LogP contribution in [0.5, 0.6) is 0 Å². The Morgan fingerprint density at radius 1 is 1.06 bits per heavy atom. The molecule has 3 N–H and O–H groups in total. The smallest absolute Gasteiger partial charge is 0.337 e. The maximum Gasteiger partial charge on any atom is 0.337 e. The zero-order valence-electron chi connectivity index (χ0n) is 16.1. The van der Waals surface area contributed by atoms with Crippen molar-refractivity contribution in [1.29, 1.82) is 0 Å². The molecule has 0 saturated carbocycles. The molecule has 12 heteroatoms. The third-order valence-electron chi connectivity index (χ3n) is 4.14. The molecule has 0 fully saturated rings. The Morgan fingerprint density at radius 3 is 2.41 bits per heavy atom. The minimum absolute atomic E-state index is 0.0545. The van der Waals surface area contributed by atoms with Crippen molar-refractivity contribution in [3.63, 3.8) is 0 Å². The van der Waals surface area contributed by atoms with Gasteiger partial charge in [0.1, 0.15) is 4.90 Å². The minimum atomic E-state index is -4.43. The fourth-order valence-electron chi connectivity index (χ4n) is 2.62. The second kappa shape index (κ2) is 9.45. The fraction of sp³-hybridized carbons (Fsp3) is 0. The summed E-state index contributed by atoms with van der Waals surface area (Å²) in [4.78, 5) is 21.3. The normalized spacial score (nSPS) is 11.3. The summed E-state index contributed by atoms with van der Waals surface area (Å²) in [6.45, 7) is 0. The van der Waals surface area contributed by atoms with E-state index in [0.29, 0.717) is 10.6 Å². The molecule has 0 radical (unpaired) electrons. The molecule has 0 aliphatic carbocycles. The second-order valence-corrected chi connectivity index (χ2v) is 8.40. The summed E-state index contributed by atoms with van der Waals surface area (Å²) in [5.74, 6) is -1.34. The number of carbonyl (C=O) groups is 1. The van der Waals surface area contributed by atoms with Crippen LogP contribution in [0.15, 0.2) is 76.7 Å². The summed E-state index contributed by atoms with van der Waals surface area (Å²) in [5, 5.41) is 25.0. The molecule has 0 saturated heterocycles. The number of non-ortho nitro benzene ring substituents is 1. The Labute approximate surface area is 187 Å². The summed E-state index contributed by atoms with van der Waals surface area (Å²) in [5.41, 5.74) is 2.22. The molecule has 32 heavy (non-hydrogen) atoms. The number of nitrogens with one attached hydrogen (secondary N) is 2. The van der Waals surface area contributed by atoms with Crippen LogP contribution in [0.4, 0.5) is 17.1 Å². The van der Waals surface area contributed by atoms with Crippen LogP contribution in [0.3, 0.4) is 0 Å². The molecule has 0 heterocycles. The first kappa shape index (κ1) is 22.7. The van der Waals surface area contributed by atoms with Gasteiger partial charge in [0.05, 0.1) is 28.1 Å². The van der Waals surface area contributed by atoms with Crippen molar-refractivity contribution < 1.29 is 23.2 Å². The number of carboxylic acid groups (broad SMARTS) is 1. The Morgan fingerprint density at radius 2 is 1.75 bits per heavy atom. The van der Waals surface area contributed by atoms with Gasteiger partial charge in [-0.1, -0.05) is 35.9 Å². The van der Waals surface area contributed by atoms with E-state index in [9.17, 15) is 28.4 Å². The van der Waals surface area contributed by atoms with Crippen molar-refractivity contribution in [2.45, 2.75) is 4.90 Å². The summed E-state index contributed by atoms with van der Waals surface area (Å²) in [6.07, 6.45) is 1.40. The van der Waals surface area contributed by atoms with Crippen LogP contribution in [0.1, 0.15) is 15.9 Å². The van der Waals surface area contributed by atoms with Crippen molar-refractivity contribution in [2.24, 2.45) is 5.10 Å². The zero-order chi connectivity index (χ0) is 23.3. The summed E-state index contributed by atoms with van der Waals surface area (Å²) >= 11 is 5.82. The molecule has 0 atom stereocenters. The Balaban J connectivity index is 1.97. The highest BCUT2D eigenvalue weighted by atomic mass is 35.5. The highest BCUT2D eigenvalue weighted by Crippen LogP contribution is 2.29. The van der Waals surface area contributed by atoms with Crippen molar-refractivity contribution >= 4 is 50.9 Å². The fourth-order valence-corrected chi connectivity index (χ4v) is 4.01. The number of aromatic carboxylic acids is 1. The van der Waals surface area contributed by atoms with E-state index in [1.165, 1.54) is 36.5 Å². The quantitative estimate of drug-likeness (QED) is 0.251. The standard InChI is InChI=1S/C20H15ClN4O6S/c21-14-7-5-13(6-8-14)12-22-23-18-10-9-15(25(28)29)11-19(18)32(30,31)24-17-4-2-1-3-16(17)20(26)27/h1-12,23-24H,(H,26,27)/b22-12+. The molecular weight excluding hydrogens is 460 g/mol. The average Bonchev–Trinajstić information content (AvgIpc) is 2.75. The predicted molar refractivity (Wildman–Crippen MR) is 120 cm³/mol. The lowest BCUT2D eigenvalue weighted by Gasteiger charge is -2.13. The number of nitro benzene ring substituents is 1. The van der Waals surface area contributed by atoms with Crippen LogP contribution in [-0.2, 0) is 10.0 Å². The molecule has 3 aromatic carbocycles. The lowest BCUT2D eigenvalue weighted by atomic mass is 10.2. The van der Waals surface area contributed by atoms with Crippen molar-refractivity contribution in [3.8, 4) is 0 Å². The summed E-state index contributed by atoms with van der Waals surface area (Å²) < 4.78 is 28.2. The first-order valence-corrected chi connectivity index (χ1v) is 10.7. The molecule has 0 aliphatic rings. The van der Waals surface area contributed by atoms with Gasteiger partial charge < -0.3 is 5.11 Å². The van der Waals surface area contributed by atoms with Gasteiger partial charge in [-0.3, -0.25) is 20.3 Å². The van der Waals surface area contributed by atoms with Gasteiger partial charge in [-0.05, 0) is 35.9 Å². The number of carboxylic acids is 1. The molecule has 0 aliphatic heterocycles. The minimum Gasteiger partial charge on any atom is -0.478 e. The van der Waals surface area contributed by atoms with Crippen LogP contribution < -0.4 is 10.1 Å². The largest absolute Gasteiger partial charge is 0.478 e. The van der Waals surface area contributed by atoms with E-state index in [4.69, 9.17) is 11.6 Å². The lowest BCUT2D eigenvalue weighted by Crippen LogP contribution is -2.17. The van der Waals surface area contributed by atoms with Gasteiger partial charge >= 0.3 is 5.97 Å². The number of hydrogen-bond acceptors (Lipinski definition) is 7. The Bertz CT molecular complexity index is 1310. The van der Waals surface area contributed by atoms with Crippen molar-refractivity contribution in [3.05, 3.63) is 93.0 Å². The molecule has 0 unspecified atom stereocenters. The second-order valence-electron chi connectivity index (χ2n) is 6.32. The zero-order valence-corrected chi connectivity index (χ0v) is 17.7. The number of nitrogens with zero attached hydrogens (tertiary/aromatic N) is 2. The van der Waals surface area contributed by atoms with Crippen molar-refractivity contribution in [2.75, 3.05) is 10.1 Å². The molecule has 0 bridgehead atoms. The van der Waals surface area contributed by atoms with Crippen LogP contribution >= 0.6 is 11.6 Å². The molecular formula is C20H15ClN4O6S. The third kappa shape index (κ3) is 5.39. The van der Waals surface area contributed by atoms with Crippen LogP contribution in [0, 0.1) is 10.1 Å². The third-order valence-corrected chi connectivity index (χ3v) is 5.79. The number of hydrazone groups is 1. The lowest BCUT2D eigenvalue weighted by molar-refractivity contribution is -0.385. The van der Waals surface area contributed by atoms with E-state index in [1.54, 1.807) is 24.3 Å². The van der Waals surface area contributed by atoms with Crippen LogP contribution in [0.25, 0.3) is 0 Å². The molecule has 10 nitrogen and oxygen atoms in total. The number of rotatable bonds is 8. The molecule has 164 valence electrons. The molecule has 3 rings (SSSR count). The predicted octanol–water partition coefficient (Wildman–Crippen LogP) is 4.19. The van der Waals surface area contributed by atoms with E-state index in [-0.39, 0.29) is 16.9 Å². The Hall–Kier alpha value is -3.96. The molecule has 0 spiro atoms. The number of benzene rings is 3. The topological polar surface area (TPSA) is 151 Å². The van der Waals surface area contributed by atoms with Gasteiger partial charge in [0.15, 0.2) is 0 Å². The summed E-state index contributed by atoms with van der Waals surface area (Å²) in [7, 11) is -4.43. The van der Waals surface area contributed by atoms with Gasteiger partial charge in [0.25, 0.3) is 15.7 Å². The van der Waals surface area contributed by atoms with Gasteiger partial charge in [-0.25, -0.2) is 13.2 Å². The summed E-state index contributed by atoms with van der Waals surface area (Å²) in [6, 6.07) is 15.2. The van der Waals surface area contributed by atoms with Crippen molar-refractivity contribution in [1.82, 2.24) is 0 Å². The van der Waals surface area contributed by atoms with E-state index >= 15 is 0 Å². The van der Waals surface area contributed by atoms with Crippen LogP contribution in [-0.4, -0.2) is 30.6 Å². The number of hydrogen-bond donors (Lipinski definition) is 3. The molecule has 0 amide bonds. The highest BCUT2D eigenvalue weighted by molar-refractivity contribution is 7.93. The maximum absolute atomic E-state index is 13.0. The molecule has 0 aromatic heterocycles. The Kier molecular flexibility index (Phi) is 6.71. The van der Waals surface area contributed by atoms with Gasteiger partial charge in [-0.2, -0.15) is 5.10 Å². The first-order valence-electron chi connectivity index (χ1n) is 8.85. The van der Waals surface area contributed by atoms with Gasteiger partial charge in [0, 0.05) is 17.2 Å². The van der Waals surface area contributed by atoms with E-state index in [1.807, 2.05) is 0 Å². The number of sulfonamides is 1. The van der Waals surface area contributed by atoms with E-state index in [2.05, 4.69) is 15.2 Å². The first-order chi connectivity index (χ1) is 15.2. The highest BCUT2D eigenvalue weighted by Gasteiger charge is 2.24. The van der Waals surface area contributed by atoms with Gasteiger partial charge in [0.2, 0.25) is 0 Å².